The molecule has 80 valence electrons. The van der Waals surface area contributed by atoms with E-state index in [0.717, 1.165) is 42.3 Å². The third kappa shape index (κ3) is 4.35. The van der Waals surface area contributed by atoms with E-state index >= 15 is 0 Å². The first-order valence-corrected chi connectivity index (χ1v) is 6.08. The quantitative estimate of drug-likeness (QED) is 0.536. The van der Waals surface area contributed by atoms with Crippen molar-refractivity contribution in [1.82, 2.24) is 10.2 Å². The van der Waals surface area contributed by atoms with Crippen LogP contribution in [0.25, 0.3) is 0 Å². The fourth-order valence-electron chi connectivity index (χ4n) is 1.08. The molecule has 0 aliphatic rings. The Hall–Kier alpha value is -0.190. The number of methoxy groups -OCH3 is 1. The molecule has 14 heavy (non-hydrogen) atoms. The lowest BCUT2D eigenvalue weighted by Crippen LogP contribution is -1.91. The minimum absolute atomic E-state index is 0.693. The van der Waals surface area contributed by atoms with Crippen LogP contribution in [0.5, 0.6) is 0 Å². The van der Waals surface area contributed by atoms with Gasteiger partial charge in [-0.3, -0.25) is 0 Å². The number of hydrogen-bond donors (Lipinski definition) is 0. The highest BCUT2D eigenvalue weighted by Crippen LogP contribution is 2.13. The van der Waals surface area contributed by atoms with Crippen molar-refractivity contribution in [2.75, 3.05) is 19.6 Å². The lowest BCUT2D eigenvalue weighted by atomic mass is 10.3. The summed E-state index contributed by atoms with van der Waals surface area (Å²) in [6.07, 6.45) is 3.91. The van der Waals surface area contributed by atoms with E-state index in [9.17, 15) is 0 Å². The summed E-state index contributed by atoms with van der Waals surface area (Å²) < 4.78 is 4.97. The van der Waals surface area contributed by atoms with Crippen molar-refractivity contribution in [2.24, 2.45) is 0 Å². The van der Waals surface area contributed by atoms with E-state index in [-0.39, 0.29) is 0 Å². The molecule has 1 aromatic rings. The number of rotatable bonds is 7. The maximum atomic E-state index is 5.60. The van der Waals surface area contributed by atoms with E-state index in [1.165, 1.54) is 0 Å². The summed E-state index contributed by atoms with van der Waals surface area (Å²) in [5.41, 5.74) is 0. The van der Waals surface area contributed by atoms with Gasteiger partial charge in [0.1, 0.15) is 10.0 Å². The molecule has 0 aromatic carbocycles. The van der Waals surface area contributed by atoms with Crippen LogP contribution in [-0.4, -0.2) is 29.8 Å². The van der Waals surface area contributed by atoms with Crippen LogP contribution in [0.2, 0.25) is 0 Å². The van der Waals surface area contributed by atoms with Crippen LogP contribution >= 0.6 is 22.9 Å². The fourth-order valence-corrected chi connectivity index (χ4v) is 2.14. The molecule has 1 rings (SSSR count). The molecule has 0 spiro atoms. The van der Waals surface area contributed by atoms with E-state index in [0.29, 0.717) is 5.88 Å². The number of hydrogen-bond acceptors (Lipinski definition) is 4. The van der Waals surface area contributed by atoms with E-state index < -0.39 is 0 Å². The van der Waals surface area contributed by atoms with Gasteiger partial charge in [-0.1, -0.05) is 0 Å². The first-order chi connectivity index (χ1) is 6.86. The first-order valence-electron chi connectivity index (χ1n) is 4.73. The third-order valence-electron chi connectivity index (χ3n) is 1.77. The molecule has 1 heterocycles. The molecule has 0 saturated carbocycles. The summed E-state index contributed by atoms with van der Waals surface area (Å²) in [6, 6.07) is 0. The molecule has 0 aliphatic carbocycles. The second-order valence-corrected chi connectivity index (χ2v) is 4.50. The van der Waals surface area contributed by atoms with Crippen molar-refractivity contribution in [3.05, 3.63) is 10.0 Å². The number of alkyl halides is 1. The molecule has 5 heteroatoms. The summed E-state index contributed by atoms with van der Waals surface area (Å²) >= 11 is 7.29. The number of nitrogens with zero attached hydrogens (tertiary/aromatic N) is 2. The molecule has 0 amide bonds. The van der Waals surface area contributed by atoms with Crippen molar-refractivity contribution >= 4 is 22.9 Å². The van der Waals surface area contributed by atoms with Gasteiger partial charge in [-0.2, -0.15) is 0 Å². The number of ether oxygens (including phenoxy) is 1. The monoisotopic (exact) mass is 234 g/mol. The largest absolute Gasteiger partial charge is 0.385 e. The molecule has 0 atom stereocenters. The molecule has 3 nitrogen and oxygen atoms in total. The summed E-state index contributed by atoms with van der Waals surface area (Å²) in [5.74, 6) is 0.693. The van der Waals surface area contributed by atoms with Crippen LogP contribution in [0.15, 0.2) is 0 Å². The highest BCUT2D eigenvalue weighted by atomic mass is 35.5. The molecule has 0 N–H and O–H groups in total. The molecule has 1 aromatic heterocycles. The Morgan fingerprint density at radius 2 is 1.86 bits per heavy atom. The Morgan fingerprint density at radius 1 is 1.21 bits per heavy atom. The summed E-state index contributed by atoms with van der Waals surface area (Å²) in [5, 5.41) is 10.4. The van der Waals surface area contributed by atoms with Gasteiger partial charge in [0.2, 0.25) is 0 Å². The van der Waals surface area contributed by atoms with Crippen LogP contribution in [0.3, 0.4) is 0 Å². The lowest BCUT2D eigenvalue weighted by molar-refractivity contribution is 0.195. The van der Waals surface area contributed by atoms with Crippen LogP contribution in [0, 0.1) is 0 Å². The normalized spacial score (nSPS) is 10.7. The molecule has 0 fully saturated rings. The van der Waals surface area contributed by atoms with Gasteiger partial charge in [-0.15, -0.1) is 33.1 Å². The van der Waals surface area contributed by atoms with Gasteiger partial charge in [0.15, 0.2) is 0 Å². The summed E-state index contributed by atoms with van der Waals surface area (Å²) in [7, 11) is 1.71. The molecule has 0 unspecified atom stereocenters. The van der Waals surface area contributed by atoms with Crippen molar-refractivity contribution in [2.45, 2.75) is 25.7 Å². The average molecular weight is 235 g/mol. The topological polar surface area (TPSA) is 35.0 Å². The SMILES string of the molecule is COCCCc1nnc(CCCCl)s1. The second-order valence-electron chi connectivity index (χ2n) is 2.98. The van der Waals surface area contributed by atoms with Gasteiger partial charge in [-0.05, 0) is 12.8 Å². The molecule has 0 aliphatic heterocycles. The lowest BCUT2D eigenvalue weighted by Gasteiger charge is -1.93. The maximum Gasteiger partial charge on any atom is 0.117 e. The standard InChI is InChI=1S/C9H15ClN2OS/c1-13-7-3-5-9-12-11-8(14-9)4-2-6-10/h2-7H2,1H3. The molecule has 0 saturated heterocycles. The van der Waals surface area contributed by atoms with E-state index in [2.05, 4.69) is 10.2 Å². The average Bonchev–Trinajstić information content (AvgIpc) is 2.63. The minimum Gasteiger partial charge on any atom is -0.385 e. The van der Waals surface area contributed by atoms with Crippen molar-refractivity contribution in [3.63, 3.8) is 0 Å². The van der Waals surface area contributed by atoms with Crippen molar-refractivity contribution in [1.29, 1.82) is 0 Å². The molecular formula is C9H15ClN2OS. The van der Waals surface area contributed by atoms with Gasteiger partial charge >= 0.3 is 0 Å². The number of halogens is 1. The Kier molecular flexibility index (Phi) is 6.07. The highest BCUT2D eigenvalue weighted by molar-refractivity contribution is 7.11. The summed E-state index contributed by atoms with van der Waals surface area (Å²) in [4.78, 5) is 0. The number of aromatic nitrogens is 2. The van der Waals surface area contributed by atoms with Gasteiger partial charge in [-0.25, -0.2) is 0 Å². The van der Waals surface area contributed by atoms with E-state index in [1.807, 2.05) is 0 Å². The van der Waals surface area contributed by atoms with Gasteiger partial charge in [0, 0.05) is 32.4 Å². The zero-order valence-electron chi connectivity index (χ0n) is 8.33. The fraction of sp³-hybridized carbons (Fsp3) is 0.778. The van der Waals surface area contributed by atoms with E-state index in [4.69, 9.17) is 16.3 Å². The van der Waals surface area contributed by atoms with Crippen LogP contribution in [0.1, 0.15) is 22.9 Å². The molecule has 0 radical (unpaired) electrons. The Balaban J connectivity index is 2.27. The molecule has 0 bridgehead atoms. The number of aryl methyl sites for hydroxylation is 2. The van der Waals surface area contributed by atoms with Crippen molar-refractivity contribution in [3.8, 4) is 0 Å². The predicted molar refractivity (Wildman–Crippen MR) is 59.1 cm³/mol. The van der Waals surface area contributed by atoms with Crippen LogP contribution in [-0.2, 0) is 17.6 Å². The Bertz CT molecular complexity index is 255. The zero-order valence-corrected chi connectivity index (χ0v) is 9.90. The predicted octanol–water partition coefficient (Wildman–Crippen LogP) is 2.29. The first kappa shape index (κ1) is 11.9. The smallest absolute Gasteiger partial charge is 0.117 e. The highest BCUT2D eigenvalue weighted by Gasteiger charge is 2.03. The summed E-state index contributed by atoms with van der Waals surface area (Å²) in [6.45, 7) is 0.788. The van der Waals surface area contributed by atoms with Crippen LogP contribution in [0.4, 0.5) is 0 Å². The third-order valence-corrected chi connectivity index (χ3v) is 3.08. The van der Waals surface area contributed by atoms with Gasteiger partial charge < -0.3 is 4.74 Å². The zero-order chi connectivity index (χ0) is 10.2. The Labute approximate surface area is 93.5 Å². The molecular weight excluding hydrogens is 220 g/mol. The van der Waals surface area contributed by atoms with Gasteiger partial charge in [0.25, 0.3) is 0 Å². The van der Waals surface area contributed by atoms with Gasteiger partial charge in [0.05, 0.1) is 0 Å². The maximum absolute atomic E-state index is 5.60. The van der Waals surface area contributed by atoms with Crippen LogP contribution < -0.4 is 0 Å². The van der Waals surface area contributed by atoms with E-state index in [1.54, 1.807) is 18.4 Å². The van der Waals surface area contributed by atoms with Crippen molar-refractivity contribution < 1.29 is 4.74 Å². The minimum atomic E-state index is 0.693. The second kappa shape index (κ2) is 7.15. The Morgan fingerprint density at radius 3 is 2.43 bits per heavy atom.